The normalized spacial score (nSPS) is 15.2. The number of benzene rings is 1. The summed E-state index contributed by atoms with van der Waals surface area (Å²) in [5.41, 5.74) is -5.89. The summed E-state index contributed by atoms with van der Waals surface area (Å²) in [5, 5.41) is 8.69. The van der Waals surface area contributed by atoms with Crippen molar-refractivity contribution in [3.8, 4) is 0 Å². The highest BCUT2D eigenvalue weighted by Gasteiger charge is 2.75. The number of rotatable bonds is 4. The van der Waals surface area contributed by atoms with Crippen LogP contribution in [-0.4, -0.2) is 29.7 Å². The van der Waals surface area contributed by atoms with Crippen molar-refractivity contribution >= 4 is 0 Å². The Balaban J connectivity index is 3.42. The lowest BCUT2D eigenvalue weighted by atomic mass is 9.80. The number of halogens is 7. The second-order valence-corrected chi connectivity index (χ2v) is 4.18. The van der Waals surface area contributed by atoms with Crippen LogP contribution in [0.1, 0.15) is 17.9 Å². The van der Waals surface area contributed by atoms with Gasteiger partial charge in [-0.1, -0.05) is 30.3 Å². The van der Waals surface area contributed by atoms with Crippen LogP contribution in [0.15, 0.2) is 30.3 Å². The molecule has 1 atom stereocenters. The molecule has 1 aromatic rings. The van der Waals surface area contributed by atoms with E-state index in [0.29, 0.717) is 0 Å². The van der Waals surface area contributed by atoms with E-state index in [1.54, 1.807) is 0 Å². The molecule has 0 heterocycles. The molecule has 0 bridgehead atoms. The third-order valence-corrected chi connectivity index (χ3v) is 2.92. The fourth-order valence-electron chi connectivity index (χ4n) is 1.97. The minimum atomic E-state index is -6.14. The van der Waals surface area contributed by atoms with E-state index in [1.165, 1.54) is 18.2 Å². The number of hydrogen-bond donors (Lipinski definition) is 1. The smallest absolute Gasteiger partial charge is 0.396 e. The lowest BCUT2D eigenvalue weighted by Gasteiger charge is -2.36. The fourth-order valence-corrected chi connectivity index (χ4v) is 1.97. The molecule has 1 nitrogen and oxygen atoms in total. The van der Waals surface area contributed by atoms with Gasteiger partial charge in [0.15, 0.2) is 0 Å². The van der Waals surface area contributed by atoms with Gasteiger partial charge in [0.25, 0.3) is 0 Å². The van der Waals surface area contributed by atoms with Crippen molar-refractivity contribution in [1.82, 2.24) is 0 Å². The van der Waals surface area contributed by atoms with Crippen LogP contribution in [-0.2, 0) is 0 Å². The van der Waals surface area contributed by atoms with E-state index in [9.17, 15) is 30.7 Å². The minimum absolute atomic E-state index is 0.473. The number of alkyl halides is 7. The molecule has 0 aliphatic carbocycles. The Morgan fingerprint density at radius 1 is 0.850 bits per heavy atom. The van der Waals surface area contributed by atoms with Gasteiger partial charge in [-0.3, -0.25) is 0 Å². The van der Waals surface area contributed by atoms with Gasteiger partial charge in [-0.05, 0) is 12.0 Å². The molecule has 0 fully saturated rings. The first-order valence-corrected chi connectivity index (χ1v) is 5.54. The molecule has 0 aliphatic rings. The van der Waals surface area contributed by atoms with Crippen molar-refractivity contribution in [2.45, 2.75) is 30.4 Å². The van der Waals surface area contributed by atoms with Gasteiger partial charge in [0.2, 0.25) is 0 Å². The van der Waals surface area contributed by atoms with E-state index in [1.807, 2.05) is 0 Å². The summed E-state index contributed by atoms with van der Waals surface area (Å²) in [7, 11) is 0. The molecule has 0 saturated carbocycles. The third-order valence-electron chi connectivity index (χ3n) is 2.92. The number of aliphatic hydroxyl groups excluding tert-OH is 1. The van der Waals surface area contributed by atoms with E-state index in [2.05, 4.69) is 0 Å². The first kappa shape index (κ1) is 16.7. The zero-order valence-electron chi connectivity index (χ0n) is 9.97. The predicted octanol–water partition coefficient (Wildman–Crippen LogP) is 3.99. The van der Waals surface area contributed by atoms with E-state index < -0.39 is 42.5 Å². The largest absolute Gasteiger partial charge is 0.432 e. The molecule has 0 saturated heterocycles. The lowest BCUT2D eigenvalue weighted by Crippen LogP contribution is -2.57. The summed E-state index contributed by atoms with van der Waals surface area (Å²) in [6.07, 6.45) is -13.3. The van der Waals surface area contributed by atoms with Crippen molar-refractivity contribution in [1.29, 1.82) is 0 Å². The maximum Gasteiger partial charge on any atom is 0.432 e. The number of hydrogen-bond acceptors (Lipinski definition) is 1. The molecular formula is C12H11F7O. The van der Waals surface area contributed by atoms with Crippen LogP contribution in [0.4, 0.5) is 30.7 Å². The standard InChI is InChI=1S/C12H11F7O/c13-10(11(14,15)16,12(17,18)19)9(6-7-20)8-4-2-1-3-5-8/h1-5,9,20H,6-7H2. The SMILES string of the molecule is OCCC(c1ccccc1)C(F)(C(F)(F)F)C(F)(F)F. The van der Waals surface area contributed by atoms with Gasteiger partial charge in [0, 0.05) is 12.5 Å². The first-order chi connectivity index (χ1) is 9.05. The summed E-state index contributed by atoms with van der Waals surface area (Å²) < 4.78 is 90.1. The summed E-state index contributed by atoms with van der Waals surface area (Å²) in [6.45, 7) is -1.00. The van der Waals surface area contributed by atoms with Gasteiger partial charge in [-0.15, -0.1) is 0 Å². The van der Waals surface area contributed by atoms with Crippen LogP contribution >= 0.6 is 0 Å². The molecule has 8 heteroatoms. The topological polar surface area (TPSA) is 20.2 Å². The van der Waals surface area contributed by atoms with E-state index >= 15 is 0 Å². The second-order valence-electron chi connectivity index (χ2n) is 4.18. The predicted molar refractivity (Wildman–Crippen MR) is 56.8 cm³/mol. The van der Waals surface area contributed by atoms with Crippen LogP contribution in [0.25, 0.3) is 0 Å². The zero-order chi connectivity index (χ0) is 15.6. The van der Waals surface area contributed by atoms with Crippen LogP contribution < -0.4 is 0 Å². The van der Waals surface area contributed by atoms with Gasteiger partial charge < -0.3 is 5.11 Å². The highest BCUT2D eigenvalue weighted by atomic mass is 19.4. The molecule has 0 radical (unpaired) electrons. The van der Waals surface area contributed by atoms with Crippen molar-refractivity contribution in [2.75, 3.05) is 6.61 Å². The Morgan fingerprint density at radius 3 is 1.65 bits per heavy atom. The first-order valence-electron chi connectivity index (χ1n) is 5.54. The highest BCUT2D eigenvalue weighted by Crippen LogP contribution is 2.54. The summed E-state index contributed by atoms with van der Waals surface area (Å²) in [5.74, 6) is -2.56. The van der Waals surface area contributed by atoms with E-state index in [4.69, 9.17) is 5.11 Å². The van der Waals surface area contributed by atoms with Crippen LogP contribution in [0, 0.1) is 0 Å². The Hall–Kier alpha value is -1.31. The van der Waals surface area contributed by atoms with Gasteiger partial charge in [0.1, 0.15) is 0 Å². The molecule has 1 aromatic carbocycles. The van der Waals surface area contributed by atoms with E-state index in [0.717, 1.165) is 12.1 Å². The molecule has 1 rings (SSSR count). The van der Waals surface area contributed by atoms with E-state index in [-0.39, 0.29) is 0 Å². The lowest BCUT2D eigenvalue weighted by molar-refractivity contribution is -0.349. The summed E-state index contributed by atoms with van der Waals surface area (Å²) >= 11 is 0. The van der Waals surface area contributed by atoms with Crippen molar-refractivity contribution in [2.24, 2.45) is 0 Å². The maximum atomic E-state index is 14.0. The zero-order valence-corrected chi connectivity index (χ0v) is 9.97. The Kier molecular flexibility index (Phi) is 4.68. The van der Waals surface area contributed by atoms with Gasteiger partial charge >= 0.3 is 18.0 Å². The highest BCUT2D eigenvalue weighted by molar-refractivity contribution is 5.25. The second kappa shape index (κ2) is 5.59. The van der Waals surface area contributed by atoms with Gasteiger partial charge in [0.05, 0.1) is 0 Å². The molecule has 0 aromatic heterocycles. The number of aliphatic hydroxyl groups is 1. The minimum Gasteiger partial charge on any atom is -0.396 e. The molecule has 114 valence electrons. The summed E-state index contributed by atoms with van der Waals surface area (Å²) in [4.78, 5) is 0. The summed E-state index contributed by atoms with van der Waals surface area (Å²) in [6, 6.07) is 5.71. The average molecular weight is 304 g/mol. The molecule has 1 N–H and O–H groups in total. The molecule has 0 aliphatic heterocycles. The Bertz CT molecular complexity index is 410. The van der Waals surface area contributed by atoms with Gasteiger partial charge in [-0.25, -0.2) is 4.39 Å². The van der Waals surface area contributed by atoms with Crippen LogP contribution in [0.3, 0.4) is 0 Å². The Morgan fingerprint density at radius 2 is 1.30 bits per heavy atom. The molecule has 1 unspecified atom stereocenters. The van der Waals surface area contributed by atoms with Crippen molar-refractivity contribution < 1.29 is 35.8 Å². The van der Waals surface area contributed by atoms with Crippen molar-refractivity contribution in [3.05, 3.63) is 35.9 Å². The third kappa shape index (κ3) is 2.89. The molecule has 0 spiro atoms. The molecular weight excluding hydrogens is 293 g/mol. The average Bonchev–Trinajstić information content (AvgIpc) is 2.33. The van der Waals surface area contributed by atoms with Crippen LogP contribution in [0.2, 0.25) is 0 Å². The van der Waals surface area contributed by atoms with Gasteiger partial charge in [-0.2, -0.15) is 26.3 Å². The molecule has 20 heavy (non-hydrogen) atoms. The molecule has 0 amide bonds. The maximum absolute atomic E-state index is 14.0. The van der Waals surface area contributed by atoms with Crippen molar-refractivity contribution in [3.63, 3.8) is 0 Å². The quantitative estimate of drug-likeness (QED) is 0.834. The van der Waals surface area contributed by atoms with Crippen LogP contribution in [0.5, 0.6) is 0 Å². The fraction of sp³-hybridized carbons (Fsp3) is 0.500. The monoisotopic (exact) mass is 304 g/mol. The Labute approximate surface area is 110 Å².